The molecule has 0 radical (unpaired) electrons. The Hall–Kier alpha value is 0.310. The number of hydrogen-bond donors (Lipinski definition) is 1. The highest BCUT2D eigenvalue weighted by molar-refractivity contribution is 8.00. The van der Waals surface area contributed by atoms with Crippen LogP contribution in [0.3, 0.4) is 0 Å². The lowest BCUT2D eigenvalue weighted by atomic mass is 9.85. The second-order valence-electron chi connectivity index (χ2n) is 5.52. The average Bonchev–Trinajstić information content (AvgIpc) is 2.72. The molecule has 0 amide bonds. The lowest BCUT2D eigenvalue weighted by Gasteiger charge is -2.32. The molecule has 2 N–H and O–H groups in total. The van der Waals surface area contributed by atoms with Gasteiger partial charge in [-0.1, -0.05) is 39.5 Å². The van der Waals surface area contributed by atoms with Crippen molar-refractivity contribution < 1.29 is 0 Å². The van der Waals surface area contributed by atoms with Gasteiger partial charge >= 0.3 is 0 Å². The number of hydrogen-bond acceptors (Lipinski definition) is 2. The van der Waals surface area contributed by atoms with Crippen LogP contribution in [0.1, 0.15) is 65.7 Å². The molecule has 3 atom stereocenters. The molecule has 0 aliphatic carbocycles. The monoisotopic (exact) mass is 243 g/mol. The Balaban J connectivity index is 2.38. The van der Waals surface area contributed by atoms with Crippen molar-refractivity contribution >= 4 is 11.8 Å². The Bertz CT molecular complexity index is 187. The van der Waals surface area contributed by atoms with Crippen molar-refractivity contribution in [1.82, 2.24) is 0 Å². The SMILES string of the molecule is CCCCC(CC)CC(N)C1(C)CCCS1. The summed E-state index contributed by atoms with van der Waals surface area (Å²) in [5.41, 5.74) is 6.44. The van der Waals surface area contributed by atoms with E-state index in [0.29, 0.717) is 10.8 Å². The van der Waals surface area contributed by atoms with Crippen molar-refractivity contribution in [1.29, 1.82) is 0 Å². The summed E-state index contributed by atoms with van der Waals surface area (Å²) in [6, 6.07) is 0.404. The average molecular weight is 243 g/mol. The molecule has 3 unspecified atom stereocenters. The molecule has 1 fully saturated rings. The first-order valence-electron chi connectivity index (χ1n) is 7.02. The minimum absolute atomic E-state index is 0.375. The maximum atomic E-state index is 6.44. The lowest BCUT2D eigenvalue weighted by molar-refractivity contribution is 0.344. The first-order chi connectivity index (χ1) is 7.62. The van der Waals surface area contributed by atoms with Gasteiger partial charge in [0.05, 0.1) is 0 Å². The molecule has 1 rings (SSSR count). The predicted octanol–water partition coefficient (Wildman–Crippen LogP) is 4.21. The predicted molar refractivity (Wildman–Crippen MR) is 76.0 cm³/mol. The van der Waals surface area contributed by atoms with Crippen molar-refractivity contribution in [3.8, 4) is 0 Å². The van der Waals surface area contributed by atoms with Gasteiger partial charge in [-0.15, -0.1) is 0 Å². The summed E-state index contributed by atoms with van der Waals surface area (Å²) < 4.78 is 0.375. The van der Waals surface area contributed by atoms with Gasteiger partial charge in [-0.3, -0.25) is 0 Å². The topological polar surface area (TPSA) is 26.0 Å². The third-order valence-electron chi connectivity index (χ3n) is 4.16. The van der Waals surface area contributed by atoms with E-state index in [-0.39, 0.29) is 0 Å². The van der Waals surface area contributed by atoms with Crippen LogP contribution in [0.15, 0.2) is 0 Å². The molecule has 0 aromatic heterocycles. The molecule has 1 aliphatic heterocycles. The number of rotatable bonds is 7. The highest BCUT2D eigenvalue weighted by atomic mass is 32.2. The number of thioether (sulfide) groups is 1. The van der Waals surface area contributed by atoms with E-state index in [4.69, 9.17) is 5.73 Å². The minimum Gasteiger partial charge on any atom is -0.326 e. The molecule has 0 aromatic rings. The summed E-state index contributed by atoms with van der Waals surface area (Å²) in [6.45, 7) is 6.97. The molecule has 0 aromatic carbocycles. The summed E-state index contributed by atoms with van der Waals surface area (Å²) in [7, 11) is 0. The molecule has 96 valence electrons. The Kier molecular flexibility index (Phi) is 6.20. The van der Waals surface area contributed by atoms with Gasteiger partial charge in [0.25, 0.3) is 0 Å². The Morgan fingerprint density at radius 3 is 2.62 bits per heavy atom. The van der Waals surface area contributed by atoms with Crippen molar-refractivity contribution in [2.24, 2.45) is 11.7 Å². The number of nitrogens with two attached hydrogens (primary N) is 1. The van der Waals surface area contributed by atoms with Crippen LogP contribution in [0.5, 0.6) is 0 Å². The molecule has 0 saturated carbocycles. The van der Waals surface area contributed by atoms with Crippen LogP contribution >= 0.6 is 11.8 Å². The van der Waals surface area contributed by atoms with E-state index in [0.717, 1.165) is 5.92 Å². The fourth-order valence-corrected chi connectivity index (χ4v) is 4.04. The molecule has 1 nitrogen and oxygen atoms in total. The van der Waals surface area contributed by atoms with Crippen LogP contribution in [0.25, 0.3) is 0 Å². The van der Waals surface area contributed by atoms with E-state index in [9.17, 15) is 0 Å². The van der Waals surface area contributed by atoms with Gasteiger partial charge in [-0.05, 0) is 37.9 Å². The molecule has 1 heterocycles. The van der Waals surface area contributed by atoms with E-state index in [2.05, 4.69) is 32.5 Å². The van der Waals surface area contributed by atoms with Crippen LogP contribution in [-0.2, 0) is 0 Å². The van der Waals surface area contributed by atoms with Crippen LogP contribution < -0.4 is 5.73 Å². The first kappa shape index (κ1) is 14.4. The smallest absolute Gasteiger partial charge is 0.0283 e. The maximum absolute atomic E-state index is 6.44. The zero-order valence-electron chi connectivity index (χ0n) is 11.3. The second kappa shape index (κ2) is 6.90. The van der Waals surface area contributed by atoms with E-state index >= 15 is 0 Å². The van der Waals surface area contributed by atoms with Crippen LogP contribution in [0, 0.1) is 5.92 Å². The molecule has 0 bridgehead atoms. The Morgan fingerprint density at radius 2 is 2.12 bits per heavy atom. The van der Waals surface area contributed by atoms with Crippen molar-refractivity contribution in [3.05, 3.63) is 0 Å². The second-order valence-corrected chi connectivity index (χ2v) is 7.15. The number of unbranched alkanes of at least 4 members (excludes halogenated alkanes) is 1. The van der Waals surface area contributed by atoms with Crippen LogP contribution in [-0.4, -0.2) is 16.5 Å². The summed E-state index contributed by atoms with van der Waals surface area (Å²) in [6.07, 6.45) is 9.28. The first-order valence-corrected chi connectivity index (χ1v) is 8.00. The Labute approximate surface area is 106 Å². The summed E-state index contributed by atoms with van der Waals surface area (Å²) >= 11 is 2.10. The highest BCUT2D eigenvalue weighted by Crippen LogP contribution is 2.41. The van der Waals surface area contributed by atoms with Gasteiger partial charge in [0.2, 0.25) is 0 Å². The molecule has 1 aliphatic rings. The lowest BCUT2D eigenvalue weighted by Crippen LogP contribution is -2.42. The van der Waals surface area contributed by atoms with Gasteiger partial charge in [0, 0.05) is 10.8 Å². The third kappa shape index (κ3) is 3.96. The minimum atomic E-state index is 0.375. The van der Waals surface area contributed by atoms with Gasteiger partial charge in [-0.25, -0.2) is 0 Å². The van der Waals surface area contributed by atoms with E-state index < -0.39 is 0 Å². The van der Waals surface area contributed by atoms with Crippen molar-refractivity contribution in [3.63, 3.8) is 0 Å². The summed E-state index contributed by atoms with van der Waals surface area (Å²) in [5, 5.41) is 0. The zero-order valence-corrected chi connectivity index (χ0v) is 12.1. The summed E-state index contributed by atoms with van der Waals surface area (Å²) in [5.74, 6) is 2.17. The van der Waals surface area contributed by atoms with Gasteiger partial charge in [-0.2, -0.15) is 11.8 Å². The van der Waals surface area contributed by atoms with Gasteiger partial charge in [0.1, 0.15) is 0 Å². The molecule has 1 saturated heterocycles. The zero-order chi connectivity index (χ0) is 12.0. The molecular formula is C14H29NS. The fourth-order valence-electron chi connectivity index (χ4n) is 2.68. The van der Waals surface area contributed by atoms with E-state index in [1.165, 1.54) is 50.7 Å². The largest absolute Gasteiger partial charge is 0.326 e. The highest BCUT2D eigenvalue weighted by Gasteiger charge is 2.36. The van der Waals surface area contributed by atoms with Gasteiger partial charge in [0.15, 0.2) is 0 Å². The van der Waals surface area contributed by atoms with Crippen molar-refractivity contribution in [2.45, 2.75) is 76.5 Å². The normalized spacial score (nSPS) is 29.2. The molecule has 0 spiro atoms. The third-order valence-corrected chi connectivity index (χ3v) is 5.82. The Morgan fingerprint density at radius 1 is 1.38 bits per heavy atom. The molecule has 2 heteroatoms. The standard InChI is InChI=1S/C14H29NS/c1-4-6-8-12(5-2)11-13(15)14(3)9-7-10-16-14/h12-13H,4-11,15H2,1-3H3. The van der Waals surface area contributed by atoms with Crippen LogP contribution in [0.4, 0.5) is 0 Å². The van der Waals surface area contributed by atoms with E-state index in [1.807, 2.05) is 0 Å². The van der Waals surface area contributed by atoms with Crippen LogP contribution in [0.2, 0.25) is 0 Å². The maximum Gasteiger partial charge on any atom is 0.0283 e. The molecular weight excluding hydrogens is 214 g/mol. The van der Waals surface area contributed by atoms with Crippen molar-refractivity contribution in [2.75, 3.05) is 5.75 Å². The van der Waals surface area contributed by atoms with Gasteiger partial charge < -0.3 is 5.73 Å². The fraction of sp³-hybridized carbons (Fsp3) is 1.00. The molecule has 16 heavy (non-hydrogen) atoms. The van der Waals surface area contributed by atoms with E-state index in [1.54, 1.807) is 0 Å². The quantitative estimate of drug-likeness (QED) is 0.725. The summed E-state index contributed by atoms with van der Waals surface area (Å²) in [4.78, 5) is 0.